The lowest BCUT2D eigenvalue weighted by Gasteiger charge is -2.17. The van der Waals surface area contributed by atoms with E-state index in [4.69, 9.17) is 0 Å². The zero-order chi connectivity index (χ0) is 16.8. The molecule has 0 aromatic heterocycles. The SMILES string of the molecule is CC(C)C(C)NC(=O)CNC(=O)Cc1cccc2ccccc12. The Balaban J connectivity index is 1.91. The average Bonchev–Trinajstić information content (AvgIpc) is 2.53. The predicted molar refractivity (Wildman–Crippen MR) is 93.1 cm³/mol. The van der Waals surface area contributed by atoms with Crippen LogP contribution in [0.4, 0.5) is 0 Å². The first-order valence-electron chi connectivity index (χ1n) is 8.00. The van der Waals surface area contributed by atoms with E-state index in [1.54, 1.807) is 0 Å². The molecule has 0 spiro atoms. The summed E-state index contributed by atoms with van der Waals surface area (Å²) < 4.78 is 0. The molecule has 2 amide bonds. The first-order valence-corrected chi connectivity index (χ1v) is 8.00. The maximum absolute atomic E-state index is 12.1. The standard InChI is InChI=1S/C19H24N2O2/c1-13(2)14(3)21-19(23)12-20-18(22)11-16-9-6-8-15-7-4-5-10-17(15)16/h4-10,13-14H,11-12H2,1-3H3,(H,20,22)(H,21,23). The van der Waals surface area contributed by atoms with E-state index in [1.807, 2.05) is 63.2 Å². The lowest BCUT2D eigenvalue weighted by molar-refractivity contribution is -0.126. The van der Waals surface area contributed by atoms with Crippen molar-refractivity contribution >= 4 is 22.6 Å². The molecule has 0 saturated carbocycles. The average molecular weight is 312 g/mol. The van der Waals surface area contributed by atoms with E-state index in [1.165, 1.54) is 0 Å². The molecule has 4 heteroatoms. The van der Waals surface area contributed by atoms with Crippen LogP contribution in [-0.4, -0.2) is 24.4 Å². The Hall–Kier alpha value is -2.36. The van der Waals surface area contributed by atoms with E-state index in [0.717, 1.165) is 16.3 Å². The van der Waals surface area contributed by atoms with Crippen molar-refractivity contribution in [3.05, 3.63) is 48.0 Å². The molecule has 0 aliphatic heterocycles. The number of carbonyl (C=O) groups excluding carboxylic acids is 2. The Morgan fingerprint density at radius 2 is 1.65 bits per heavy atom. The summed E-state index contributed by atoms with van der Waals surface area (Å²) in [7, 11) is 0. The molecule has 0 heterocycles. The molecular formula is C19H24N2O2. The largest absolute Gasteiger partial charge is 0.352 e. The molecule has 122 valence electrons. The van der Waals surface area contributed by atoms with Crippen molar-refractivity contribution < 1.29 is 9.59 Å². The van der Waals surface area contributed by atoms with Gasteiger partial charge in [0.2, 0.25) is 11.8 Å². The number of carbonyl (C=O) groups is 2. The number of rotatable bonds is 6. The number of hydrogen-bond acceptors (Lipinski definition) is 2. The lowest BCUT2D eigenvalue weighted by atomic mass is 10.0. The van der Waals surface area contributed by atoms with Crippen molar-refractivity contribution in [1.29, 1.82) is 0 Å². The van der Waals surface area contributed by atoms with Crippen molar-refractivity contribution in [1.82, 2.24) is 10.6 Å². The monoisotopic (exact) mass is 312 g/mol. The van der Waals surface area contributed by atoms with E-state index in [-0.39, 0.29) is 30.8 Å². The molecule has 4 nitrogen and oxygen atoms in total. The second-order valence-electron chi connectivity index (χ2n) is 6.19. The third kappa shape index (κ3) is 4.81. The van der Waals surface area contributed by atoms with E-state index >= 15 is 0 Å². The van der Waals surface area contributed by atoms with Crippen LogP contribution < -0.4 is 10.6 Å². The molecule has 2 N–H and O–H groups in total. The molecule has 0 radical (unpaired) electrons. The molecule has 0 bridgehead atoms. The van der Waals surface area contributed by atoms with Crippen LogP contribution >= 0.6 is 0 Å². The van der Waals surface area contributed by atoms with Crippen LogP contribution in [0.15, 0.2) is 42.5 Å². The number of amides is 2. The number of nitrogens with one attached hydrogen (secondary N) is 2. The van der Waals surface area contributed by atoms with Crippen LogP contribution in [0.3, 0.4) is 0 Å². The van der Waals surface area contributed by atoms with Gasteiger partial charge in [0.15, 0.2) is 0 Å². The Morgan fingerprint density at radius 1 is 0.957 bits per heavy atom. The summed E-state index contributed by atoms with van der Waals surface area (Å²) in [5.74, 6) is 0.0662. The van der Waals surface area contributed by atoms with Gasteiger partial charge in [-0.1, -0.05) is 56.3 Å². The summed E-state index contributed by atoms with van der Waals surface area (Å²) in [6.45, 7) is 6.06. The third-order valence-corrected chi connectivity index (χ3v) is 4.07. The summed E-state index contributed by atoms with van der Waals surface area (Å²) >= 11 is 0. The molecule has 1 unspecified atom stereocenters. The van der Waals surface area contributed by atoms with E-state index in [9.17, 15) is 9.59 Å². The highest BCUT2D eigenvalue weighted by Gasteiger charge is 2.12. The highest BCUT2D eigenvalue weighted by Crippen LogP contribution is 2.18. The van der Waals surface area contributed by atoms with Gasteiger partial charge in [-0.2, -0.15) is 0 Å². The summed E-state index contributed by atoms with van der Waals surface area (Å²) in [4.78, 5) is 23.9. The molecular weight excluding hydrogens is 288 g/mol. The molecule has 0 aliphatic rings. The minimum absolute atomic E-state index is 0.0145. The fraction of sp³-hybridized carbons (Fsp3) is 0.368. The molecule has 2 aromatic rings. The summed E-state index contributed by atoms with van der Waals surface area (Å²) in [5, 5.41) is 7.75. The van der Waals surface area contributed by atoms with E-state index in [2.05, 4.69) is 10.6 Å². The summed E-state index contributed by atoms with van der Waals surface area (Å²) in [6, 6.07) is 14.0. The second kappa shape index (κ2) is 7.77. The van der Waals surface area contributed by atoms with Gasteiger partial charge in [0.25, 0.3) is 0 Å². The van der Waals surface area contributed by atoms with Crippen molar-refractivity contribution in [3.8, 4) is 0 Å². The van der Waals surface area contributed by atoms with E-state index < -0.39 is 0 Å². The Morgan fingerprint density at radius 3 is 2.39 bits per heavy atom. The highest BCUT2D eigenvalue weighted by molar-refractivity contribution is 5.91. The van der Waals surface area contributed by atoms with Gasteiger partial charge < -0.3 is 10.6 Å². The van der Waals surface area contributed by atoms with Crippen LogP contribution in [0.5, 0.6) is 0 Å². The van der Waals surface area contributed by atoms with Gasteiger partial charge in [-0.3, -0.25) is 9.59 Å². The predicted octanol–water partition coefficient (Wildman–Crippen LogP) is 2.66. The van der Waals surface area contributed by atoms with Crippen molar-refractivity contribution in [3.63, 3.8) is 0 Å². The van der Waals surface area contributed by atoms with Gasteiger partial charge in [-0.05, 0) is 29.2 Å². The molecule has 0 saturated heterocycles. The first kappa shape index (κ1) is 17.0. The number of fused-ring (bicyclic) bond motifs is 1. The van der Waals surface area contributed by atoms with Crippen molar-refractivity contribution in [2.45, 2.75) is 33.2 Å². The smallest absolute Gasteiger partial charge is 0.239 e. The maximum Gasteiger partial charge on any atom is 0.239 e. The fourth-order valence-electron chi connectivity index (χ4n) is 2.33. The van der Waals surface area contributed by atoms with Gasteiger partial charge in [0.05, 0.1) is 13.0 Å². The van der Waals surface area contributed by atoms with Gasteiger partial charge in [0.1, 0.15) is 0 Å². The number of benzene rings is 2. The third-order valence-electron chi connectivity index (χ3n) is 4.07. The van der Waals surface area contributed by atoms with E-state index in [0.29, 0.717) is 5.92 Å². The minimum atomic E-state index is -0.155. The topological polar surface area (TPSA) is 58.2 Å². The maximum atomic E-state index is 12.1. The Kier molecular flexibility index (Phi) is 5.74. The van der Waals surface area contributed by atoms with Crippen LogP contribution in [0.2, 0.25) is 0 Å². The van der Waals surface area contributed by atoms with Crippen molar-refractivity contribution in [2.24, 2.45) is 5.92 Å². The normalized spacial score (nSPS) is 12.2. The second-order valence-corrected chi connectivity index (χ2v) is 6.19. The fourth-order valence-corrected chi connectivity index (χ4v) is 2.33. The first-order chi connectivity index (χ1) is 11.0. The zero-order valence-electron chi connectivity index (χ0n) is 13.9. The Bertz CT molecular complexity index is 689. The van der Waals surface area contributed by atoms with Crippen LogP contribution in [-0.2, 0) is 16.0 Å². The van der Waals surface area contributed by atoms with Crippen molar-refractivity contribution in [2.75, 3.05) is 6.54 Å². The lowest BCUT2D eigenvalue weighted by Crippen LogP contribution is -2.43. The van der Waals surface area contributed by atoms with Crippen LogP contribution in [0.1, 0.15) is 26.3 Å². The quantitative estimate of drug-likeness (QED) is 0.861. The molecule has 1 atom stereocenters. The van der Waals surface area contributed by atoms with Gasteiger partial charge in [0, 0.05) is 6.04 Å². The Labute approximate surface area is 137 Å². The van der Waals surface area contributed by atoms with Gasteiger partial charge >= 0.3 is 0 Å². The highest BCUT2D eigenvalue weighted by atomic mass is 16.2. The zero-order valence-corrected chi connectivity index (χ0v) is 13.9. The minimum Gasteiger partial charge on any atom is -0.352 e. The molecule has 2 aromatic carbocycles. The van der Waals surface area contributed by atoms with Crippen LogP contribution in [0, 0.1) is 5.92 Å². The van der Waals surface area contributed by atoms with Gasteiger partial charge in [-0.15, -0.1) is 0 Å². The summed E-state index contributed by atoms with van der Waals surface area (Å²) in [5.41, 5.74) is 0.969. The summed E-state index contributed by atoms with van der Waals surface area (Å²) in [6.07, 6.45) is 0.272. The number of hydrogen-bond donors (Lipinski definition) is 2. The molecule has 0 fully saturated rings. The van der Waals surface area contributed by atoms with Gasteiger partial charge in [-0.25, -0.2) is 0 Å². The molecule has 23 heavy (non-hydrogen) atoms. The molecule has 2 rings (SSSR count). The molecule has 0 aliphatic carbocycles. The van der Waals surface area contributed by atoms with Crippen LogP contribution in [0.25, 0.3) is 10.8 Å².